The molecule has 0 radical (unpaired) electrons. The minimum absolute atomic E-state index is 0.0843. The highest BCUT2D eigenvalue weighted by molar-refractivity contribution is 5.93. The van der Waals surface area contributed by atoms with Crippen molar-refractivity contribution in [3.63, 3.8) is 0 Å². The largest absolute Gasteiger partial charge is 0.396 e. The van der Waals surface area contributed by atoms with Crippen LogP contribution in [0, 0.1) is 5.41 Å². The van der Waals surface area contributed by atoms with E-state index in [-0.39, 0.29) is 12.5 Å². The molecule has 6 nitrogen and oxygen atoms in total. The Morgan fingerprint density at radius 1 is 1.60 bits per heavy atom. The van der Waals surface area contributed by atoms with E-state index in [1.807, 2.05) is 6.92 Å². The smallest absolute Gasteiger partial charge is 0.257 e. The summed E-state index contributed by atoms with van der Waals surface area (Å²) in [6.45, 7) is 2.83. The summed E-state index contributed by atoms with van der Waals surface area (Å²) in [6, 6.07) is 0. The third kappa shape index (κ3) is 2.71. The van der Waals surface area contributed by atoms with E-state index >= 15 is 0 Å². The fraction of sp³-hybridized carbons (Fsp3) is 0.714. The van der Waals surface area contributed by atoms with E-state index < -0.39 is 11.5 Å². The van der Waals surface area contributed by atoms with Gasteiger partial charge in [0.25, 0.3) is 5.91 Å². The summed E-state index contributed by atoms with van der Waals surface area (Å²) in [5.74, 6) is -0.0843. The van der Waals surface area contributed by atoms with Crippen molar-refractivity contribution < 1.29 is 15.0 Å². The number of aliphatic hydroxyl groups is 2. The van der Waals surface area contributed by atoms with Crippen LogP contribution in [0.5, 0.6) is 0 Å². The predicted octanol–water partition coefficient (Wildman–Crippen LogP) is 0.406. The summed E-state index contributed by atoms with van der Waals surface area (Å²) in [5, 5.41) is 23.9. The van der Waals surface area contributed by atoms with Gasteiger partial charge in [-0.1, -0.05) is 13.3 Å². The molecular formula is C14H23N3O3. The van der Waals surface area contributed by atoms with Crippen LogP contribution in [0.15, 0.2) is 12.4 Å². The highest BCUT2D eigenvalue weighted by Gasteiger charge is 2.43. The summed E-state index contributed by atoms with van der Waals surface area (Å²) in [6.07, 6.45) is 4.77. The number of carbonyl (C=O) groups is 1. The van der Waals surface area contributed by atoms with E-state index in [1.165, 1.54) is 0 Å². The van der Waals surface area contributed by atoms with E-state index in [1.54, 1.807) is 29.0 Å². The molecule has 0 aliphatic carbocycles. The van der Waals surface area contributed by atoms with Gasteiger partial charge in [0, 0.05) is 31.7 Å². The summed E-state index contributed by atoms with van der Waals surface area (Å²) in [7, 11) is 1.77. The molecule has 0 unspecified atom stereocenters. The van der Waals surface area contributed by atoms with Gasteiger partial charge >= 0.3 is 0 Å². The molecule has 0 saturated carbocycles. The zero-order chi connectivity index (χ0) is 14.8. The Bertz CT molecular complexity index is 474. The molecule has 1 amide bonds. The standard InChI is InChI=1S/C14H23N3O3/c1-3-5-14(10-18)9-17(6-4-12(14)19)13(20)11-7-15-16(2)8-11/h7-8,12,18-19H,3-6,9-10H2,1-2H3/t12-,14-/m0/s1. The van der Waals surface area contributed by atoms with Crippen molar-refractivity contribution in [1.29, 1.82) is 0 Å². The zero-order valence-electron chi connectivity index (χ0n) is 12.1. The van der Waals surface area contributed by atoms with Crippen molar-refractivity contribution in [2.24, 2.45) is 12.5 Å². The maximum Gasteiger partial charge on any atom is 0.257 e. The van der Waals surface area contributed by atoms with Crippen LogP contribution in [0.25, 0.3) is 0 Å². The summed E-state index contributed by atoms with van der Waals surface area (Å²) in [5.41, 5.74) is -0.0440. The van der Waals surface area contributed by atoms with Crippen LogP contribution in [0.2, 0.25) is 0 Å². The Labute approximate surface area is 119 Å². The fourth-order valence-electron chi connectivity index (χ4n) is 3.01. The molecule has 0 spiro atoms. The van der Waals surface area contributed by atoms with E-state index in [4.69, 9.17) is 0 Å². The van der Waals surface area contributed by atoms with Crippen LogP contribution in [0.4, 0.5) is 0 Å². The third-order valence-corrected chi connectivity index (χ3v) is 4.19. The number of carbonyl (C=O) groups excluding carboxylic acids is 1. The number of hydrogen-bond acceptors (Lipinski definition) is 4. The average molecular weight is 281 g/mol. The van der Waals surface area contributed by atoms with Crippen LogP contribution >= 0.6 is 0 Å². The number of rotatable bonds is 4. The van der Waals surface area contributed by atoms with Gasteiger partial charge < -0.3 is 15.1 Å². The number of aryl methyl sites for hydroxylation is 1. The quantitative estimate of drug-likeness (QED) is 0.837. The van der Waals surface area contributed by atoms with E-state index in [0.29, 0.717) is 31.5 Å². The molecule has 0 bridgehead atoms. The second kappa shape index (κ2) is 5.93. The molecule has 20 heavy (non-hydrogen) atoms. The van der Waals surface area contributed by atoms with Gasteiger partial charge in [-0.25, -0.2) is 0 Å². The molecular weight excluding hydrogens is 258 g/mol. The average Bonchev–Trinajstić information content (AvgIpc) is 2.87. The monoisotopic (exact) mass is 281 g/mol. The molecule has 6 heteroatoms. The number of nitrogens with zero attached hydrogens (tertiary/aromatic N) is 3. The first kappa shape index (κ1) is 15.0. The molecule has 1 saturated heterocycles. The van der Waals surface area contributed by atoms with Crippen molar-refractivity contribution in [1.82, 2.24) is 14.7 Å². The molecule has 1 aromatic heterocycles. The first-order valence-electron chi connectivity index (χ1n) is 7.09. The number of amides is 1. The minimum Gasteiger partial charge on any atom is -0.396 e. The van der Waals surface area contributed by atoms with Gasteiger partial charge in [-0.15, -0.1) is 0 Å². The maximum absolute atomic E-state index is 12.4. The second-order valence-electron chi connectivity index (χ2n) is 5.70. The highest BCUT2D eigenvalue weighted by atomic mass is 16.3. The Morgan fingerprint density at radius 3 is 2.90 bits per heavy atom. The van der Waals surface area contributed by atoms with Gasteiger partial charge in [0.05, 0.1) is 24.5 Å². The highest BCUT2D eigenvalue weighted by Crippen LogP contribution is 2.35. The number of hydrogen-bond donors (Lipinski definition) is 2. The lowest BCUT2D eigenvalue weighted by Crippen LogP contribution is -2.55. The topological polar surface area (TPSA) is 78.6 Å². The van der Waals surface area contributed by atoms with Gasteiger partial charge in [-0.3, -0.25) is 9.48 Å². The number of likely N-dealkylation sites (tertiary alicyclic amines) is 1. The lowest BCUT2D eigenvalue weighted by molar-refractivity contribution is -0.0720. The fourth-order valence-corrected chi connectivity index (χ4v) is 3.01. The van der Waals surface area contributed by atoms with Gasteiger partial charge in [-0.05, 0) is 12.8 Å². The van der Waals surface area contributed by atoms with E-state index in [2.05, 4.69) is 5.10 Å². The molecule has 2 N–H and O–H groups in total. The van der Waals surface area contributed by atoms with Gasteiger partial charge in [0.15, 0.2) is 0 Å². The number of piperidine rings is 1. The Balaban J connectivity index is 2.16. The number of aliphatic hydroxyl groups excluding tert-OH is 2. The molecule has 2 rings (SSSR count). The second-order valence-corrected chi connectivity index (χ2v) is 5.70. The maximum atomic E-state index is 12.4. The molecule has 1 aromatic rings. The molecule has 1 aliphatic heterocycles. The summed E-state index contributed by atoms with van der Waals surface area (Å²) in [4.78, 5) is 14.2. The van der Waals surface area contributed by atoms with Crippen molar-refractivity contribution in [3.05, 3.63) is 18.0 Å². The van der Waals surface area contributed by atoms with Crippen LogP contribution < -0.4 is 0 Å². The van der Waals surface area contributed by atoms with Crippen LogP contribution in [-0.2, 0) is 7.05 Å². The molecule has 1 aliphatic rings. The predicted molar refractivity (Wildman–Crippen MR) is 74.2 cm³/mol. The van der Waals surface area contributed by atoms with Crippen molar-refractivity contribution in [3.8, 4) is 0 Å². The van der Waals surface area contributed by atoms with Gasteiger partial charge in [-0.2, -0.15) is 5.10 Å². The van der Waals surface area contributed by atoms with Crippen LogP contribution in [-0.4, -0.2) is 56.6 Å². The summed E-state index contributed by atoms with van der Waals surface area (Å²) < 4.78 is 1.59. The molecule has 2 atom stereocenters. The molecule has 0 aromatic carbocycles. The molecule has 2 heterocycles. The normalized spacial score (nSPS) is 26.8. The van der Waals surface area contributed by atoms with Gasteiger partial charge in [0.1, 0.15) is 0 Å². The van der Waals surface area contributed by atoms with Crippen molar-refractivity contribution >= 4 is 5.91 Å². The SMILES string of the molecule is CCC[C@@]1(CO)CN(C(=O)c2cnn(C)c2)CC[C@@H]1O. The first-order valence-corrected chi connectivity index (χ1v) is 7.09. The Hall–Kier alpha value is -1.40. The zero-order valence-corrected chi connectivity index (χ0v) is 12.1. The molecule has 1 fully saturated rings. The van der Waals surface area contributed by atoms with Crippen LogP contribution in [0.3, 0.4) is 0 Å². The van der Waals surface area contributed by atoms with Crippen LogP contribution in [0.1, 0.15) is 36.5 Å². The van der Waals surface area contributed by atoms with Gasteiger partial charge in [0.2, 0.25) is 0 Å². The van der Waals surface area contributed by atoms with E-state index in [0.717, 1.165) is 6.42 Å². The first-order chi connectivity index (χ1) is 9.52. The lowest BCUT2D eigenvalue weighted by atomic mass is 9.74. The third-order valence-electron chi connectivity index (χ3n) is 4.19. The van der Waals surface area contributed by atoms with Crippen molar-refractivity contribution in [2.75, 3.05) is 19.7 Å². The minimum atomic E-state index is -0.592. The molecule has 112 valence electrons. The summed E-state index contributed by atoms with van der Waals surface area (Å²) >= 11 is 0. The van der Waals surface area contributed by atoms with Crippen molar-refractivity contribution in [2.45, 2.75) is 32.3 Å². The lowest BCUT2D eigenvalue weighted by Gasteiger charge is -2.45. The number of aromatic nitrogens is 2. The Morgan fingerprint density at radius 2 is 2.35 bits per heavy atom. The Kier molecular flexibility index (Phi) is 4.45. The van der Waals surface area contributed by atoms with E-state index in [9.17, 15) is 15.0 Å².